The van der Waals surface area contributed by atoms with E-state index in [1.165, 1.54) is 6.07 Å². The van der Waals surface area contributed by atoms with Crippen LogP contribution in [0.15, 0.2) is 66.7 Å². The SMILES string of the molecule is O=[N+]([O-])c1ccc(-c2nc3ccccc3s2)c(-c2ccc(Cl)cc2)c1. The number of thiazole rings is 1. The topological polar surface area (TPSA) is 56.0 Å². The van der Waals surface area contributed by atoms with Gasteiger partial charge in [-0.2, -0.15) is 0 Å². The number of nitro benzene ring substituents is 1. The molecule has 122 valence electrons. The zero-order valence-corrected chi connectivity index (χ0v) is 14.4. The minimum Gasteiger partial charge on any atom is -0.258 e. The fourth-order valence-electron chi connectivity index (χ4n) is 2.69. The Kier molecular flexibility index (Phi) is 3.95. The van der Waals surface area contributed by atoms with Crippen LogP contribution in [-0.4, -0.2) is 9.91 Å². The smallest absolute Gasteiger partial charge is 0.258 e. The van der Waals surface area contributed by atoms with Gasteiger partial charge in [0.1, 0.15) is 5.01 Å². The largest absolute Gasteiger partial charge is 0.270 e. The molecule has 6 heteroatoms. The van der Waals surface area contributed by atoms with Crippen molar-refractivity contribution in [2.24, 2.45) is 0 Å². The van der Waals surface area contributed by atoms with E-state index in [4.69, 9.17) is 11.6 Å². The molecular weight excluding hydrogens is 356 g/mol. The van der Waals surface area contributed by atoms with Crippen molar-refractivity contribution in [1.82, 2.24) is 4.98 Å². The van der Waals surface area contributed by atoms with E-state index in [1.807, 2.05) is 36.4 Å². The maximum absolute atomic E-state index is 11.2. The summed E-state index contributed by atoms with van der Waals surface area (Å²) in [6.45, 7) is 0. The fourth-order valence-corrected chi connectivity index (χ4v) is 3.82. The molecule has 0 atom stereocenters. The van der Waals surface area contributed by atoms with Crippen LogP contribution in [0.3, 0.4) is 0 Å². The van der Waals surface area contributed by atoms with Crippen molar-refractivity contribution in [2.45, 2.75) is 0 Å². The van der Waals surface area contributed by atoms with Crippen LogP contribution >= 0.6 is 22.9 Å². The third kappa shape index (κ3) is 2.99. The first kappa shape index (κ1) is 15.7. The molecule has 4 nitrogen and oxygen atoms in total. The summed E-state index contributed by atoms with van der Waals surface area (Å²) < 4.78 is 1.08. The number of aromatic nitrogens is 1. The van der Waals surface area contributed by atoms with Gasteiger partial charge in [-0.3, -0.25) is 10.1 Å². The molecule has 0 aliphatic carbocycles. The maximum atomic E-state index is 11.2. The molecule has 0 fully saturated rings. The quantitative estimate of drug-likeness (QED) is 0.320. The normalized spacial score (nSPS) is 10.9. The molecule has 0 unspecified atom stereocenters. The molecule has 0 amide bonds. The van der Waals surface area contributed by atoms with Crippen molar-refractivity contribution < 1.29 is 4.92 Å². The molecular formula is C19H11ClN2O2S. The maximum Gasteiger partial charge on any atom is 0.270 e. The van der Waals surface area contributed by atoms with Crippen LogP contribution in [0.5, 0.6) is 0 Å². The van der Waals surface area contributed by atoms with E-state index in [0.717, 1.165) is 31.9 Å². The fraction of sp³-hybridized carbons (Fsp3) is 0. The summed E-state index contributed by atoms with van der Waals surface area (Å²) in [4.78, 5) is 15.5. The van der Waals surface area contributed by atoms with Gasteiger partial charge in [0.2, 0.25) is 0 Å². The number of nitrogens with zero attached hydrogens (tertiary/aromatic N) is 2. The molecule has 0 radical (unpaired) electrons. The zero-order chi connectivity index (χ0) is 17.4. The number of halogens is 1. The molecule has 0 aliphatic heterocycles. The molecule has 1 heterocycles. The lowest BCUT2D eigenvalue weighted by Crippen LogP contribution is -1.91. The third-order valence-electron chi connectivity index (χ3n) is 3.89. The number of non-ortho nitro benzene ring substituents is 1. The summed E-state index contributed by atoms with van der Waals surface area (Å²) in [7, 11) is 0. The van der Waals surface area contributed by atoms with Crippen molar-refractivity contribution in [3.8, 4) is 21.7 Å². The number of nitro groups is 1. The van der Waals surface area contributed by atoms with Gasteiger partial charge in [0.15, 0.2) is 0 Å². The standard InChI is InChI=1S/C19H11ClN2O2S/c20-13-7-5-12(6-8-13)16-11-14(22(23)24)9-10-15(16)19-21-17-3-1-2-4-18(17)25-19/h1-11H. The predicted molar refractivity (Wildman–Crippen MR) is 102 cm³/mol. The van der Waals surface area contributed by atoms with Crippen LogP contribution in [0.4, 0.5) is 5.69 Å². The summed E-state index contributed by atoms with van der Waals surface area (Å²) in [6.07, 6.45) is 0. The molecule has 25 heavy (non-hydrogen) atoms. The minimum atomic E-state index is -0.387. The van der Waals surface area contributed by atoms with Crippen LogP contribution in [0.25, 0.3) is 31.9 Å². The van der Waals surface area contributed by atoms with Gasteiger partial charge in [0.25, 0.3) is 5.69 Å². The van der Waals surface area contributed by atoms with E-state index < -0.39 is 0 Å². The van der Waals surface area contributed by atoms with Crippen LogP contribution in [0.2, 0.25) is 5.02 Å². The number of rotatable bonds is 3. The Morgan fingerprint density at radius 2 is 1.72 bits per heavy atom. The molecule has 0 bridgehead atoms. The first-order chi connectivity index (χ1) is 12.1. The monoisotopic (exact) mass is 366 g/mol. The first-order valence-electron chi connectivity index (χ1n) is 7.52. The average molecular weight is 367 g/mol. The van der Waals surface area contributed by atoms with E-state index >= 15 is 0 Å². The lowest BCUT2D eigenvalue weighted by atomic mass is 9.99. The van der Waals surface area contributed by atoms with Crippen LogP contribution < -0.4 is 0 Å². The highest BCUT2D eigenvalue weighted by Gasteiger charge is 2.16. The van der Waals surface area contributed by atoms with Gasteiger partial charge >= 0.3 is 0 Å². The molecule has 0 N–H and O–H groups in total. The van der Waals surface area contributed by atoms with Crippen molar-refractivity contribution in [1.29, 1.82) is 0 Å². The lowest BCUT2D eigenvalue weighted by molar-refractivity contribution is -0.384. The second-order valence-corrected chi connectivity index (χ2v) is 6.95. The van der Waals surface area contributed by atoms with Crippen LogP contribution in [0, 0.1) is 10.1 Å². The number of hydrogen-bond acceptors (Lipinski definition) is 4. The second kappa shape index (κ2) is 6.27. The Morgan fingerprint density at radius 3 is 2.44 bits per heavy atom. The lowest BCUT2D eigenvalue weighted by Gasteiger charge is -2.08. The highest BCUT2D eigenvalue weighted by Crippen LogP contribution is 2.38. The number of fused-ring (bicyclic) bond motifs is 1. The van der Waals surface area contributed by atoms with E-state index in [2.05, 4.69) is 4.98 Å². The van der Waals surface area contributed by atoms with Gasteiger partial charge in [-0.1, -0.05) is 35.9 Å². The van der Waals surface area contributed by atoms with Crippen molar-refractivity contribution in [3.05, 3.63) is 81.9 Å². The predicted octanol–water partition coefficient (Wildman–Crippen LogP) is 6.19. The molecule has 1 aromatic heterocycles. The van der Waals surface area contributed by atoms with E-state index in [1.54, 1.807) is 35.6 Å². The Bertz CT molecular complexity index is 1060. The molecule has 3 aromatic carbocycles. The summed E-state index contributed by atoms with van der Waals surface area (Å²) >= 11 is 7.54. The number of para-hydroxylation sites is 1. The molecule has 0 saturated carbocycles. The van der Waals surface area contributed by atoms with Gasteiger partial charge in [-0.25, -0.2) is 4.98 Å². The molecule has 0 spiro atoms. The summed E-state index contributed by atoms with van der Waals surface area (Å²) in [5.74, 6) is 0. The third-order valence-corrected chi connectivity index (χ3v) is 5.22. The van der Waals surface area contributed by atoms with Crippen molar-refractivity contribution in [3.63, 3.8) is 0 Å². The van der Waals surface area contributed by atoms with Gasteiger partial charge in [-0.05, 0) is 41.5 Å². The molecule has 0 aliphatic rings. The van der Waals surface area contributed by atoms with Gasteiger partial charge in [-0.15, -0.1) is 11.3 Å². The minimum absolute atomic E-state index is 0.0508. The highest BCUT2D eigenvalue weighted by atomic mass is 35.5. The summed E-state index contributed by atoms with van der Waals surface area (Å²) in [5, 5.41) is 12.7. The molecule has 4 aromatic rings. The average Bonchev–Trinajstić information content (AvgIpc) is 3.06. The Labute approximate surface area is 152 Å². The Hall–Kier alpha value is -2.76. The van der Waals surface area contributed by atoms with Gasteiger partial charge in [0.05, 0.1) is 15.1 Å². The first-order valence-corrected chi connectivity index (χ1v) is 8.71. The van der Waals surface area contributed by atoms with Crippen molar-refractivity contribution in [2.75, 3.05) is 0 Å². The van der Waals surface area contributed by atoms with Crippen molar-refractivity contribution >= 4 is 38.8 Å². The van der Waals surface area contributed by atoms with E-state index in [-0.39, 0.29) is 10.6 Å². The zero-order valence-electron chi connectivity index (χ0n) is 12.8. The van der Waals surface area contributed by atoms with Crippen LogP contribution in [-0.2, 0) is 0 Å². The Morgan fingerprint density at radius 1 is 0.960 bits per heavy atom. The van der Waals surface area contributed by atoms with E-state index in [9.17, 15) is 10.1 Å². The summed E-state index contributed by atoms with van der Waals surface area (Å²) in [6, 6.07) is 20.0. The number of hydrogen-bond donors (Lipinski definition) is 0. The van der Waals surface area contributed by atoms with E-state index in [0.29, 0.717) is 5.02 Å². The van der Waals surface area contributed by atoms with Gasteiger partial charge in [0, 0.05) is 22.7 Å². The van der Waals surface area contributed by atoms with Crippen LogP contribution in [0.1, 0.15) is 0 Å². The van der Waals surface area contributed by atoms with Gasteiger partial charge < -0.3 is 0 Å². The highest BCUT2D eigenvalue weighted by molar-refractivity contribution is 7.21. The second-order valence-electron chi connectivity index (χ2n) is 5.48. The number of benzene rings is 3. The molecule has 0 saturated heterocycles. The Balaban J connectivity index is 1.94. The molecule has 4 rings (SSSR count). The summed E-state index contributed by atoms with van der Waals surface area (Å²) in [5.41, 5.74) is 3.47.